The van der Waals surface area contributed by atoms with Crippen molar-refractivity contribution >= 4 is 23.3 Å². The molecular formula is C17H26ClN3O2. The second kappa shape index (κ2) is 7.88. The highest BCUT2D eigenvalue weighted by molar-refractivity contribution is 6.31. The van der Waals surface area contributed by atoms with Gasteiger partial charge >= 0.3 is 6.03 Å². The lowest BCUT2D eigenvalue weighted by Crippen LogP contribution is -2.52. The number of carbonyl (C=O) groups is 1. The Balaban J connectivity index is 1.99. The molecule has 1 N–H and O–H groups in total. The molecule has 1 saturated heterocycles. The van der Waals surface area contributed by atoms with Crippen LogP contribution in [0, 0.1) is 6.92 Å². The fourth-order valence-electron chi connectivity index (χ4n) is 2.75. The van der Waals surface area contributed by atoms with Gasteiger partial charge in [0.1, 0.15) is 5.75 Å². The minimum Gasteiger partial charge on any atom is -0.495 e. The average Bonchev–Trinajstić information content (AvgIpc) is 2.57. The number of halogens is 1. The number of piperazine rings is 1. The summed E-state index contributed by atoms with van der Waals surface area (Å²) < 4.78 is 5.31. The van der Waals surface area contributed by atoms with Crippen LogP contribution in [-0.4, -0.2) is 55.2 Å². The number of benzene rings is 1. The van der Waals surface area contributed by atoms with Crippen LogP contribution in [0.1, 0.15) is 25.8 Å². The van der Waals surface area contributed by atoms with Crippen molar-refractivity contribution in [3.8, 4) is 5.75 Å². The summed E-state index contributed by atoms with van der Waals surface area (Å²) in [4.78, 5) is 16.8. The fraction of sp³-hybridized carbons (Fsp3) is 0.588. The van der Waals surface area contributed by atoms with E-state index in [-0.39, 0.29) is 6.03 Å². The highest BCUT2D eigenvalue weighted by Gasteiger charge is 2.24. The second-order valence-corrected chi connectivity index (χ2v) is 6.42. The third-order valence-electron chi connectivity index (χ3n) is 4.54. The first-order valence-electron chi connectivity index (χ1n) is 8.10. The van der Waals surface area contributed by atoms with E-state index in [4.69, 9.17) is 16.3 Å². The van der Waals surface area contributed by atoms with Crippen LogP contribution >= 0.6 is 11.6 Å². The van der Waals surface area contributed by atoms with Gasteiger partial charge in [0.15, 0.2) is 0 Å². The van der Waals surface area contributed by atoms with Crippen molar-refractivity contribution in [2.24, 2.45) is 0 Å². The maximum absolute atomic E-state index is 12.5. The maximum atomic E-state index is 12.5. The molecule has 1 atom stereocenters. The normalized spacial score (nSPS) is 17.0. The maximum Gasteiger partial charge on any atom is 0.322 e. The lowest BCUT2D eigenvalue weighted by Gasteiger charge is -2.37. The van der Waals surface area contributed by atoms with Crippen molar-refractivity contribution in [3.05, 3.63) is 22.7 Å². The van der Waals surface area contributed by atoms with E-state index in [1.54, 1.807) is 13.2 Å². The third-order valence-corrected chi connectivity index (χ3v) is 4.95. The molecule has 128 valence electrons. The van der Waals surface area contributed by atoms with E-state index in [1.807, 2.05) is 17.9 Å². The molecule has 0 aromatic heterocycles. The lowest BCUT2D eigenvalue weighted by molar-refractivity contribution is 0.117. The molecule has 1 aromatic rings. The summed E-state index contributed by atoms with van der Waals surface area (Å²) in [6.07, 6.45) is 1.13. The van der Waals surface area contributed by atoms with Crippen molar-refractivity contribution in [2.45, 2.75) is 33.2 Å². The quantitative estimate of drug-likeness (QED) is 0.911. The summed E-state index contributed by atoms with van der Waals surface area (Å²) in [5, 5.41) is 3.57. The van der Waals surface area contributed by atoms with Crippen molar-refractivity contribution < 1.29 is 9.53 Å². The first-order valence-corrected chi connectivity index (χ1v) is 8.48. The standard InChI is InChI=1S/C17H26ClN3O2/c1-5-13(3)20-6-8-21(9-7-20)17(22)19-15-10-12(2)14(18)11-16(15)23-4/h10-11,13H,5-9H2,1-4H3,(H,19,22). The van der Waals surface area contributed by atoms with E-state index >= 15 is 0 Å². The lowest BCUT2D eigenvalue weighted by atomic mass is 10.2. The SMILES string of the molecule is CCC(C)N1CCN(C(=O)Nc2cc(C)c(Cl)cc2OC)CC1. The predicted molar refractivity (Wildman–Crippen MR) is 94.7 cm³/mol. The van der Waals surface area contributed by atoms with Gasteiger partial charge in [-0.2, -0.15) is 0 Å². The molecule has 0 spiro atoms. The molecule has 1 aliphatic heterocycles. The molecule has 1 unspecified atom stereocenters. The van der Waals surface area contributed by atoms with Crippen LogP contribution < -0.4 is 10.1 Å². The topological polar surface area (TPSA) is 44.8 Å². The number of nitrogens with zero attached hydrogens (tertiary/aromatic N) is 2. The van der Waals surface area contributed by atoms with Gasteiger partial charge in [-0.15, -0.1) is 0 Å². The van der Waals surface area contributed by atoms with Crippen LogP contribution in [0.2, 0.25) is 5.02 Å². The molecule has 1 heterocycles. The van der Waals surface area contributed by atoms with Crippen molar-refractivity contribution in [3.63, 3.8) is 0 Å². The summed E-state index contributed by atoms with van der Waals surface area (Å²) in [7, 11) is 1.57. The van der Waals surface area contributed by atoms with Crippen molar-refractivity contribution in [1.29, 1.82) is 0 Å². The van der Waals surface area contributed by atoms with Gasteiger partial charge in [0.25, 0.3) is 0 Å². The first kappa shape index (κ1) is 17.9. The number of aryl methyl sites for hydroxylation is 1. The number of hydrogen-bond acceptors (Lipinski definition) is 3. The number of anilines is 1. The molecule has 2 amide bonds. The monoisotopic (exact) mass is 339 g/mol. The number of methoxy groups -OCH3 is 1. The van der Waals surface area contributed by atoms with Crippen LogP contribution in [0.15, 0.2) is 12.1 Å². The number of amides is 2. The predicted octanol–water partition coefficient (Wildman–Crippen LogP) is 3.61. The molecule has 1 fully saturated rings. The third kappa shape index (κ3) is 4.30. The van der Waals surface area contributed by atoms with Gasteiger partial charge in [-0.05, 0) is 31.9 Å². The van der Waals surface area contributed by atoms with E-state index < -0.39 is 0 Å². The summed E-state index contributed by atoms with van der Waals surface area (Å²) >= 11 is 6.10. The van der Waals surface area contributed by atoms with Gasteiger partial charge in [0.2, 0.25) is 0 Å². The van der Waals surface area contributed by atoms with Crippen LogP contribution in [0.3, 0.4) is 0 Å². The highest BCUT2D eigenvalue weighted by atomic mass is 35.5. The molecule has 5 nitrogen and oxygen atoms in total. The zero-order chi connectivity index (χ0) is 17.0. The fourth-order valence-corrected chi connectivity index (χ4v) is 2.90. The summed E-state index contributed by atoms with van der Waals surface area (Å²) in [5.74, 6) is 0.576. The van der Waals surface area contributed by atoms with Crippen molar-refractivity contribution in [1.82, 2.24) is 9.80 Å². The van der Waals surface area contributed by atoms with Crippen LogP contribution in [0.5, 0.6) is 5.75 Å². The van der Waals surface area contributed by atoms with Gasteiger partial charge in [-0.25, -0.2) is 4.79 Å². The number of carbonyl (C=O) groups excluding carboxylic acids is 1. The minimum absolute atomic E-state index is 0.0891. The van der Waals surface area contributed by atoms with Gasteiger partial charge < -0.3 is 15.0 Å². The number of hydrogen-bond donors (Lipinski definition) is 1. The zero-order valence-corrected chi connectivity index (χ0v) is 15.1. The summed E-state index contributed by atoms with van der Waals surface area (Å²) in [6.45, 7) is 9.65. The zero-order valence-electron chi connectivity index (χ0n) is 14.4. The van der Waals surface area contributed by atoms with E-state index in [2.05, 4.69) is 24.1 Å². The molecule has 0 aliphatic carbocycles. The Kier molecular flexibility index (Phi) is 6.13. The number of urea groups is 1. The van der Waals surface area contributed by atoms with Crippen LogP contribution in [0.25, 0.3) is 0 Å². The number of ether oxygens (including phenoxy) is 1. The molecule has 1 aromatic carbocycles. The van der Waals surface area contributed by atoms with E-state index in [9.17, 15) is 4.79 Å². The smallest absolute Gasteiger partial charge is 0.322 e. The molecular weight excluding hydrogens is 314 g/mol. The molecule has 2 rings (SSSR count). The van der Waals surface area contributed by atoms with E-state index in [0.29, 0.717) is 22.5 Å². The van der Waals surface area contributed by atoms with Gasteiger partial charge in [-0.1, -0.05) is 18.5 Å². The highest BCUT2D eigenvalue weighted by Crippen LogP contribution is 2.31. The van der Waals surface area contributed by atoms with Gasteiger partial charge in [0, 0.05) is 43.3 Å². The molecule has 0 radical (unpaired) electrons. The molecule has 6 heteroatoms. The van der Waals surface area contributed by atoms with Gasteiger partial charge in [0.05, 0.1) is 12.8 Å². The van der Waals surface area contributed by atoms with E-state index in [0.717, 1.165) is 38.2 Å². The Bertz CT molecular complexity index is 557. The largest absolute Gasteiger partial charge is 0.495 e. The van der Waals surface area contributed by atoms with Gasteiger partial charge in [-0.3, -0.25) is 4.90 Å². The van der Waals surface area contributed by atoms with Crippen molar-refractivity contribution in [2.75, 3.05) is 38.6 Å². The first-order chi connectivity index (χ1) is 11.0. The average molecular weight is 340 g/mol. The molecule has 0 bridgehead atoms. The second-order valence-electron chi connectivity index (χ2n) is 6.01. The Morgan fingerprint density at radius 2 is 2.00 bits per heavy atom. The number of nitrogens with one attached hydrogen (secondary N) is 1. The molecule has 23 heavy (non-hydrogen) atoms. The Hall–Kier alpha value is -1.46. The minimum atomic E-state index is -0.0891. The number of rotatable bonds is 4. The Morgan fingerprint density at radius 3 is 2.57 bits per heavy atom. The van der Waals surface area contributed by atoms with Crippen LogP contribution in [-0.2, 0) is 0 Å². The van der Waals surface area contributed by atoms with Crippen LogP contribution in [0.4, 0.5) is 10.5 Å². The summed E-state index contributed by atoms with van der Waals surface area (Å²) in [5.41, 5.74) is 1.56. The van der Waals surface area contributed by atoms with E-state index in [1.165, 1.54) is 0 Å². The Morgan fingerprint density at radius 1 is 1.35 bits per heavy atom. The molecule has 0 saturated carbocycles. The Labute approximate surface area is 143 Å². The summed E-state index contributed by atoms with van der Waals surface area (Å²) in [6, 6.07) is 4.05. The molecule has 1 aliphatic rings.